The standard InChI is InChI=1S/C13H20ClN3O/c1-10-8-12(15-16(10)2)13(18)17-7-3-4-11(9-17)5-6-14/h8,11H,3-7,9H2,1-2H3. The first-order valence-corrected chi connectivity index (χ1v) is 7.01. The molecule has 0 aromatic carbocycles. The average Bonchev–Trinajstić information content (AvgIpc) is 2.69. The van der Waals surface area contributed by atoms with Crippen molar-refractivity contribution < 1.29 is 4.79 Å². The Morgan fingerprint density at radius 2 is 2.39 bits per heavy atom. The molecular weight excluding hydrogens is 250 g/mol. The first-order valence-electron chi connectivity index (χ1n) is 6.47. The molecule has 0 spiro atoms. The molecule has 2 heterocycles. The number of rotatable bonds is 3. The van der Waals surface area contributed by atoms with Gasteiger partial charge in [0.2, 0.25) is 0 Å². The predicted molar refractivity (Wildman–Crippen MR) is 71.9 cm³/mol. The monoisotopic (exact) mass is 269 g/mol. The lowest BCUT2D eigenvalue weighted by atomic mass is 9.95. The van der Waals surface area contributed by atoms with Gasteiger partial charge in [-0.2, -0.15) is 5.10 Å². The molecule has 0 saturated carbocycles. The zero-order valence-corrected chi connectivity index (χ0v) is 11.8. The van der Waals surface area contributed by atoms with E-state index in [1.54, 1.807) is 4.68 Å². The van der Waals surface area contributed by atoms with Gasteiger partial charge in [-0.25, -0.2) is 0 Å². The highest BCUT2D eigenvalue weighted by Crippen LogP contribution is 2.21. The number of nitrogens with zero attached hydrogens (tertiary/aromatic N) is 3. The van der Waals surface area contributed by atoms with Crippen molar-refractivity contribution in [2.24, 2.45) is 13.0 Å². The minimum Gasteiger partial charge on any atom is -0.337 e. The number of halogens is 1. The number of piperidine rings is 1. The van der Waals surface area contributed by atoms with Crippen LogP contribution in [0.3, 0.4) is 0 Å². The van der Waals surface area contributed by atoms with Crippen LogP contribution in [0.25, 0.3) is 0 Å². The van der Waals surface area contributed by atoms with Gasteiger partial charge in [0.25, 0.3) is 5.91 Å². The van der Waals surface area contributed by atoms with Crippen LogP contribution in [-0.4, -0.2) is 39.6 Å². The van der Waals surface area contributed by atoms with E-state index in [1.807, 2.05) is 24.9 Å². The van der Waals surface area contributed by atoms with E-state index in [1.165, 1.54) is 6.42 Å². The number of aryl methyl sites for hydroxylation is 2. The van der Waals surface area contributed by atoms with Crippen LogP contribution in [0.15, 0.2) is 6.07 Å². The Morgan fingerprint density at radius 3 is 3.00 bits per heavy atom. The van der Waals surface area contributed by atoms with Gasteiger partial charge in [-0.05, 0) is 38.2 Å². The van der Waals surface area contributed by atoms with Gasteiger partial charge in [0, 0.05) is 31.7 Å². The van der Waals surface area contributed by atoms with Crippen molar-refractivity contribution in [1.82, 2.24) is 14.7 Å². The SMILES string of the molecule is Cc1cc(C(=O)N2CCCC(CCCl)C2)nn1C. The van der Waals surface area contributed by atoms with E-state index in [4.69, 9.17) is 11.6 Å². The van der Waals surface area contributed by atoms with Crippen molar-refractivity contribution in [3.63, 3.8) is 0 Å². The second-order valence-corrected chi connectivity index (χ2v) is 5.41. The van der Waals surface area contributed by atoms with E-state index in [0.717, 1.165) is 31.6 Å². The Kier molecular flexibility index (Phi) is 4.27. The van der Waals surface area contributed by atoms with Crippen molar-refractivity contribution in [1.29, 1.82) is 0 Å². The average molecular weight is 270 g/mol. The van der Waals surface area contributed by atoms with Gasteiger partial charge in [0.05, 0.1) is 0 Å². The van der Waals surface area contributed by atoms with Crippen LogP contribution in [0.2, 0.25) is 0 Å². The molecule has 1 fully saturated rings. The maximum absolute atomic E-state index is 12.3. The molecule has 1 aromatic heterocycles. The number of hydrogen-bond donors (Lipinski definition) is 0. The number of carbonyl (C=O) groups is 1. The van der Waals surface area contributed by atoms with Crippen LogP contribution in [0.4, 0.5) is 0 Å². The molecule has 0 aliphatic carbocycles. The van der Waals surface area contributed by atoms with Gasteiger partial charge in [0.15, 0.2) is 5.69 Å². The maximum atomic E-state index is 12.3. The summed E-state index contributed by atoms with van der Waals surface area (Å²) in [6, 6.07) is 1.85. The van der Waals surface area contributed by atoms with E-state index < -0.39 is 0 Å². The lowest BCUT2D eigenvalue weighted by molar-refractivity contribution is 0.0665. The van der Waals surface area contributed by atoms with Crippen molar-refractivity contribution >= 4 is 17.5 Å². The largest absolute Gasteiger partial charge is 0.337 e. The molecule has 1 amide bonds. The van der Waals surface area contributed by atoms with Crippen molar-refractivity contribution in [3.8, 4) is 0 Å². The molecule has 1 aromatic rings. The van der Waals surface area contributed by atoms with Crippen LogP contribution < -0.4 is 0 Å². The van der Waals surface area contributed by atoms with E-state index >= 15 is 0 Å². The fourth-order valence-corrected chi connectivity index (χ4v) is 2.78. The van der Waals surface area contributed by atoms with Gasteiger partial charge in [-0.1, -0.05) is 0 Å². The zero-order chi connectivity index (χ0) is 13.1. The van der Waals surface area contributed by atoms with E-state index in [-0.39, 0.29) is 5.91 Å². The second kappa shape index (κ2) is 5.74. The molecule has 2 rings (SSSR count). The van der Waals surface area contributed by atoms with Gasteiger partial charge in [-0.15, -0.1) is 11.6 Å². The van der Waals surface area contributed by atoms with Crippen LogP contribution in [0.5, 0.6) is 0 Å². The highest BCUT2D eigenvalue weighted by molar-refractivity contribution is 6.17. The predicted octanol–water partition coefficient (Wildman–Crippen LogP) is 2.21. The number of amides is 1. The third-order valence-corrected chi connectivity index (χ3v) is 3.87. The lowest BCUT2D eigenvalue weighted by Gasteiger charge is -2.32. The third-order valence-electron chi connectivity index (χ3n) is 3.66. The summed E-state index contributed by atoms with van der Waals surface area (Å²) in [7, 11) is 1.86. The van der Waals surface area contributed by atoms with Crippen LogP contribution in [0, 0.1) is 12.8 Å². The summed E-state index contributed by atoms with van der Waals surface area (Å²) in [5.41, 5.74) is 1.56. The molecule has 1 aliphatic rings. The van der Waals surface area contributed by atoms with Gasteiger partial charge >= 0.3 is 0 Å². The number of alkyl halides is 1. The molecule has 5 heteroatoms. The van der Waals surface area contributed by atoms with Gasteiger partial charge < -0.3 is 4.90 Å². The highest BCUT2D eigenvalue weighted by Gasteiger charge is 2.25. The molecule has 1 saturated heterocycles. The molecule has 0 N–H and O–H groups in total. The van der Waals surface area contributed by atoms with E-state index in [9.17, 15) is 4.79 Å². The van der Waals surface area contributed by atoms with Crippen molar-refractivity contribution in [2.45, 2.75) is 26.2 Å². The molecule has 18 heavy (non-hydrogen) atoms. The summed E-state index contributed by atoms with van der Waals surface area (Å²) in [6.45, 7) is 3.62. The molecule has 1 atom stereocenters. The maximum Gasteiger partial charge on any atom is 0.274 e. The minimum absolute atomic E-state index is 0.0537. The Morgan fingerprint density at radius 1 is 1.61 bits per heavy atom. The smallest absolute Gasteiger partial charge is 0.274 e. The van der Waals surface area contributed by atoms with Crippen LogP contribution >= 0.6 is 11.6 Å². The summed E-state index contributed by atoms with van der Waals surface area (Å²) in [6.07, 6.45) is 3.24. The topological polar surface area (TPSA) is 38.1 Å². The van der Waals surface area contributed by atoms with Crippen LogP contribution in [0.1, 0.15) is 35.4 Å². The van der Waals surface area contributed by atoms with Crippen molar-refractivity contribution in [3.05, 3.63) is 17.5 Å². The van der Waals surface area contributed by atoms with Gasteiger partial charge in [-0.3, -0.25) is 9.48 Å². The third kappa shape index (κ3) is 2.86. The molecule has 1 unspecified atom stereocenters. The highest BCUT2D eigenvalue weighted by atomic mass is 35.5. The first-order chi connectivity index (χ1) is 8.61. The molecule has 0 radical (unpaired) electrons. The summed E-state index contributed by atoms with van der Waals surface area (Å²) < 4.78 is 1.74. The Hall–Kier alpha value is -1.03. The normalized spacial score (nSPS) is 20.2. The van der Waals surface area contributed by atoms with Gasteiger partial charge in [0.1, 0.15) is 0 Å². The molecular formula is C13H20ClN3O. The van der Waals surface area contributed by atoms with E-state index in [2.05, 4.69) is 5.10 Å². The molecule has 100 valence electrons. The number of likely N-dealkylation sites (tertiary alicyclic amines) is 1. The Bertz CT molecular complexity index is 408. The number of aromatic nitrogens is 2. The Balaban J connectivity index is 2.04. The number of hydrogen-bond acceptors (Lipinski definition) is 2. The fraction of sp³-hybridized carbons (Fsp3) is 0.692. The second-order valence-electron chi connectivity index (χ2n) is 5.03. The van der Waals surface area contributed by atoms with E-state index in [0.29, 0.717) is 17.5 Å². The summed E-state index contributed by atoms with van der Waals surface area (Å²) >= 11 is 5.78. The molecule has 0 bridgehead atoms. The molecule has 1 aliphatic heterocycles. The summed E-state index contributed by atoms with van der Waals surface area (Å²) in [5.74, 6) is 1.28. The zero-order valence-electron chi connectivity index (χ0n) is 11.0. The first kappa shape index (κ1) is 13.4. The summed E-state index contributed by atoms with van der Waals surface area (Å²) in [5, 5.41) is 4.26. The molecule has 4 nitrogen and oxygen atoms in total. The fourth-order valence-electron chi connectivity index (χ4n) is 2.47. The minimum atomic E-state index is 0.0537. The summed E-state index contributed by atoms with van der Waals surface area (Å²) in [4.78, 5) is 14.3. The Labute approximate surface area is 113 Å². The lowest BCUT2D eigenvalue weighted by Crippen LogP contribution is -2.40. The quantitative estimate of drug-likeness (QED) is 0.789. The van der Waals surface area contributed by atoms with Crippen LogP contribution in [-0.2, 0) is 7.05 Å². The number of carbonyl (C=O) groups excluding carboxylic acids is 1. The van der Waals surface area contributed by atoms with Crippen molar-refractivity contribution in [2.75, 3.05) is 19.0 Å².